The lowest BCUT2D eigenvalue weighted by Gasteiger charge is -2.11. The number of methoxy groups -OCH3 is 1. The molecular formula is C20H18N6O2S. The molecular weight excluding hydrogens is 388 g/mol. The van der Waals surface area contributed by atoms with Crippen LogP contribution in [0.5, 0.6) is 0 Å². The van der Waals surface area contributed by atoms with Crippen molar-refractivity contribution in [2.45, 2.75) is 6.92 Å². The molecule has 4 rings (SSSR count). The van der Waals surface area contributed by atoms with Crippen LogP contribution in [0.25, 0.3) is 10.2 Å². The number of thiazole rings is 1. The van der Waals surface area contributed by atoms with Gasteiger partial charge in [-0.2, -0.15) is 0 Å². The Morgan fingerprint density at radius 1 is 1.07 bits per heavy atom. The lowest BCUT2D eigenvalue weighted by Crippen LogP contribution is -2.05. The van der Waals surface area contributed by atoms with E-state index in [1.807, 2.05) is 25.1 Å². The van der Waals surface area contributed by atoms with Crippen LogP contribution in [0.15, 0.2) is 48.8 Å². The predicted molar refractivity (Wildman–Crippen MR) is 115 cm³/mol. The second kappa shape index (κ2) is 7.72. The molecule has 0 atom stereocenters. The fraction of sp³-hybridized carbons (Fsp3) is 0.100. The molecule has 0 amide bonds. The number of nitrogens with one attached hydrogen (secondary N) is 2. The molecule has 0 fully saturated rings. The Labute approximate surface area is 170 Å². The Morgan fingerprint density at radius 2 is 1.79 bits per heavy atom. The molecule has 8 nitrogen and oxygen atoms in total. The van der Waals surface area contributed by atoms with E-state index in [-0.39, 0.29) is 0 Å². The number of hydrogen-bond donors (Lipinski definition) is 3. The van der Waals surface area contributed by atoms with Gasteiger partial charge in [0.05, 0.1) is 22.9 Å². The first-order chi connectivity index (χ1) is 14.0. The van der Waals surface area contributed by atoms with Crippen molar-refractivity contribution in [3.63, 3.8) is 0 Å². The Balaban J connectivity index is 1.56. The van der Waals surface area contributed by atoms with Crippen LogP contribution >= 0.6 is 11.3 Å². The maximum atomic E-state index is 11.5. The van der Waals surface area contributed by atoms with Crippen molar-refractivity contribution >= 4 is 55.7 Å². The van der Waals surface area contributed by atoms with Gasteiger partial charge in [-0.1, -0.05) is 23.5 Å². The van der Waals surface area contributed by atoms with Gasteiger partial charge in [-0.15, -0.1) is 0 Å². The lowest BCUT2D eigenvalue weighted by molar-refractivity contribution is 0.0601. The van der Waals surface area contributed by atoms with E-state index in [0.717, 1.165) is 21.5 Å². The third-order valence-corrected chi connectivity index (χ3v) is 5.23. The van der Waals surface area contributed by atoms with Crippen molar-refractivity contribution in [3.8, 4) is 0 Å². The zero-order chi connectivity index (χ0) is 20.4. The highest BCUT2D eigenvalue weighted by Gasteiger charge is 2.12. The van der Waals surface area contributed by atoms with Crippen LogP contribution in [0.3, 0.4) is 0 Å². The zero-order valence-electron chi connectivity index (χ0n) is 15.8. The second-order valence-electron chi connectivity index (χ2n) is 6.24. The van der Waals surface area contributed by atoms with Crippen molar-refractivity contribution < 1.29 is 9.53 Å². The molecule has 4 N–H and O–H groups in total. The molecule has 2 heterocycles. The zero-order valence-corrected chi connectivity index (χ0v) is 16.6. The van der Waals surface area contributed by atoms with Gasteiger partial charge in [-0.05, 0) is 42.8 Å². The molecule has 0 spiro atoms. The number of carbonyl (C=O) groups is 1. The van der Waals surface area contributed by atoms with Crippen LogP contribution in [0.2, 0.25) is 0 Å². The SMILES string of the molecule is COC(=O)c1ccc(Nc2ncnc(Nc3nc4c(C)cccc4s3)c2N)cc1. The number of esters is 1. The van der Waals surface area contributed by atoms with E-state index >= 15 is 0 Å². The molecule has 146 valence electrons. The van der Waals surface area contributed by atoms with Crippen LogP contribution in [0, 0.1) is 6.92 Å². The molecule has 0 aliphatic heterocycles. The van der Waals surface area contributed by atoms with Gasteiger partial charge in [0.15, 0.2) is 16.8 Å². The summed E-state index contributed by atoms with van der Waals surface area (Å²) >= 11 is 1.53. The highest BCUT2D eigenvalue weighted by Crippen LogP contribution is 2.33. The number of nitrogens with two attached hydrogens (primary N) is 1. The Morgan fingerprint density at radius 3 is 2.48 bits per heavy atom. The van der Waals surface area contributed by atoms with Gasteiger partial charge in [0.2, 0.25) is 0 Å². The first-order valence-electron chi connectivity index (χ1n) is 8.74. The summed E-state index contributed by atoms with van der Waals surface area (Å²) in [5.74, 6) is 0.520. The van der Waals surface area contributed by atoms with E-state index in [0.29, 0.717) is 28.0 Å². The topological polar surface area (TPSA) is 115 Å². The molecule has 0 radical (unpaired) electrons. The summed E-state index contributed by atoms with van der Waals surface area (Å²) in [7, 11) is 1.34. The number of nitrogen functional groups attached to an aromatic ring is 1. The van der Waals surface area contributed by atoms with Crippen molar-refractivity contribution in [1.82, 2.24) is 15.0 Å². The standard InChI is InChI=1S/C20H18N6O2S/c1-11-4-3-5-14-16(11)25-20(29-14)26-18-15(21)17(22-10-23-18)24-13-8-6-12(7-9-13)19(27)28-2/h3-10H,21H2,1-2H3,(H2,22,23,24,25,26). The number of hydrogen-bond acceptors (Lipinski definition) is 9. The Hall–Kier alpha value is -3.72. The molecule has 2 aromatic carbocycles. The Bertz CT molecular complexity index is 1190. The summed E-state index contributed by atoms with van der Waals surface area (Å²) in [6, 6.07) is 12.9. The normalized spacial score (nSPS) is 10.7. The molecule has 0 saturated heterocycles. The van der Waals surface area contributed by atoms with E-state index < -0.39 is 5.97 Å². The number of ether oxygens (including phenoxy) is 1. The summed E-state index contributed by atoms with van der Waals surface area (Å²) < 4.78 is 5.79. The van der Waals surface area contributed by atoms with Crippen LogP contribution in [0.1, 0.15) is 15.9 Å². The predicted octanol–water partition coefficient (Wildman–Crippen LogP) is 4.25. The van der Waals surface area contributed by atoms with Crippen LogP contribution in [0.4, 0.5) is 28.1 Å². The number of carbonyl (C=O) groups excluding carboxylic acids is 1. The molecule has 29 heavy (non-hydrogen) atoms. The number of anilines is 5. The monoisotopic (exact) mass is 406 g/mol. The van der Waals surface area contributed by atoms with E-state index in [4.69, 9.17) is 10.5 Å². The first kappa shape index (κ1) is 18.6. The molecule has 9 heteroatoms. The van der Waals surface area contributed by atoms with Crippen LogP contribution in [-0.4, -0.2) is 28.0 Å². The van der Waals surface area contributed by atoms with Gasteiger partial charge < -0.3 is 21.1 Å². The fourth-order valence-electron chi connectivity index (χ4n) is 2.78. The van der Waals surface area contributed by atoms with E-state index in [2.05, 4.69) is 25.6 Å². The molecule has 0 bridgehead atoms. The maximum absolute atomic E-state index is 11.5. The largest absolute Gasteiger partial charge is 0.465 e. The number of fused-ring (bicyclic) bond motifs is 1. The van der Waals surface area contributed by atoms with Gasteiger partial charge in [-0.3, -0.25) is 0 Å². The minimum atomic E-state index is -0.393. The highest BCUT2D eigenvalue weighted by atomic mass is 32.1. The van der Waals surface area contributed by atoms with Gasteiger partial charge in [0.25, 0.3) is 0 Å². The lowest BCUT2D eigenvalue weighted by atomic mass is 10.2. The van der Waals surface area contributed by atoms with E-state index in [1.54, 1.807) is 24.3 Å². The summed E-state index contributed by atoms with van der Waals surface area (Å²) in [5.41, 5.74) is 9.87. The summed E-state index contributed by atoms with van der Waals surface area (Å²) in [5, 5.41) is 7.01. The average Bonchev–Trinajstić information content (AvgIpc) is 3.15. The van der Waals surface area contributed by atoms with Crippen molar-refractivity contribution in [2.24, 2.45) is 0 Å². The molecule has 0 saturated carbocycles. The summed E-state index contributed by atoms with van der Waals surface area (Å²) in [6.45, 7) is 2.03. The third kappa shape index (κ3) is 3.81. The van der Waals surface area contributed by atoms with Crippen molar-refractivity contribution in [2.75, 3.05) is 23.5 Å². The molecule has 0 unspecified atom stereocenters. The Kier molecular flexibility index (Phi) is 4.96. The summed E-state index contributed by atoms with van der Waals surface area (Å²) in [4.78, 5) is 24.6. The quantitative estimate of drug-likeness (QED) is 0.421. The highest BCUT2D eigenvalue weighted by molar-refractivity contribution is 7.22. The number of benzene rings is 2. The van der Waals surface area contributed by atoms with Gasteiger partial charge in [0.1, 0.15) is 12.0 Å². The molecule has 0 aliphatic carbocycles. The summed E-state index contributed by atoms with van der Waals surface area (Å²) in [6.07, 6.45) is 1.42. The number of para-hydroxylation sites is 1. The molecule has 0 aliphatic rings. The minimum absolute atomic E-state index is 0.362. The number of aryl methyl sites for hydroxylation is 1. The minimum Gasteiger partial charge on any atom is -0.465 e. The number of aromatic nitrogens is 3. The van der Waals surface area contributed by atoms with Crippen molar-refractivity contribution in [1.29, 1.82) is 0 Å². The van der Waals surface area contributed by atoms with E-state index in [9.17, 15) is 4.79 Å². The fourth-order valence-corrected chi connectivity index (χ4v) is 3.72. The number of nitrogens with zero attached hydrogens (tertiary/aromatic N) is 3. The molecule has 4 aromatic rings. The third-order valence-electron chi connectivity index (χ3n) is 4.30. The van der Waals surface area contributed by atoms with E-state index in [1.165, 1.54) is 24.8 Å². The molecule has 2 aromatic heterocycles. The first-order valence-corrected chi connectivity index (χ1v) is 9.56. The van der Waals surface area contributed by atoms with Crippen LogP contribution in [-0.2, 0) is 4.74 Å². The van der Waals surface area contributed by atoms with Gasteiger partial charge >= 0.3 is 5.97 Å². The smallest absolute Gasteiger partial charge is 0.337 e. The maximum Gasteiger partial charge on any atom is 0.337 e. The van der Waals surface area contributed by atoms with Gasteiger partial charge in [0, 0.05) is 5.69 Å². The van der Waals surface area contributed by atoms with Crippen molar-refractivity contribution in [3.05, 3.63) is 59.9 Å². The average molecular weight is 406 g/mol. The second-order valence-corrected chi connectivity index (χ2v) is 7.27. The number of rotatable bonds is 5. The van der Waals surface area contributed by atoms with Gasteiger partial charge in [-0.25, -0.2) is 19.7 Å². The van der Waals surface area contributed by atoms with Crippen LogP contribution < -0.4 is 16.4 Å².